The normalized spacial score (nSPS) is 12.1. The lowest BCUT2D eigenvalue weighted by Crippen LogP contribution is -1.94. The molecule has 1 aromatic carbocycles. The Morgan fingerprint density at radius 2 is 2.25 bits per heavy atom. The van der Waals surface area contributed by atoms with Crippen LogP contribution in [0, 0.1) is 0 Å². The summed E-state index contributed by atoms with van der Waals surface area (Å²) in [5.74, 6) is 1.99. The van der Waals surface area contributed by atoms with Crippen molar-refractivity contribution in [3.05, 3.63) is 18.2 Å². The topological polar surface area (TPSA) is 12.5 Å². The van der Waals surface area contributed by atoms with E-state index in [4.69, 9.17) is 4.74 Å². The molecule has 0 fully saturated rings. The third-order valence-corrected chi connectivity index (χ3v) is 1.54. The van der Waals surface area contributed by atoms with Gasteiger partial charge in [0.2, 0.25) is 0 Å². The third kappa shape index (κ3) is 0.405. The van der Waals surface area contributed by atoms with Crippen molar-refractivity contribution in [2.45, 2.75) is 0 Å². The molecule has 0 spiro atoms. The van der Waals surface area contributed by atoms with Gasteiger partial charge >= 0.3 is 0 Å². The quantitative estimate of drug-likeness (QED) is 0.365. The molecule has 0 unspecified atom stereocenters. The molecule has 0 atom stereocenters. The van der Waals surface area contributed by atoms with Gasteiger partial charge in [-0.2, -0.15) is 0 Å². The Hall–Kier alpha value is -0.763. The van der Waals surface area contributed by atoms with Crippen molar-refractivity contribution in [1.82, 2.24) is 0 Å². The van der Waals surface area contributed by atoms with Crippen molar-refractivity contribution in [2.24, 2.45) is 0 Å². The Morgan fingerprint density at radius 3 is 2.88 bits per heavy atom. The molecule has 2 heteroatoms. The van der Waals surface area contributed by atoms with Crippen LogP contribution in [0.2, 0.25) is 0 Å². The maximum absolute atomic E-state index is 5.02. The SMILES string of the molecule is [Si]c1cccc2c1O2. The summed E-state index contributed by atoms with van der Waals surface area (Å²) < 4.78 is 5.02. The number of fused-ring (bicyclic) bond motifs is 1. The van der Waals surface area contributed by atoms with Crippen molar-refractivity contribution in [2.75, 3.05) is 0 Å². The van der Waals surface area contributed by atoms with Crippen LogP contribution in [-0.4, -0.2) is 10.2 Å². The van der Waals surface area contributed by atoms with Crippen molar-refractivity contribution < 1.29 is 4.74 Å². The molecule has 0 aromatic heterocycles. The predicted molar refractivity (Wildman–Crippen MR) is 31.9 cm³/mol. The summed E-state index contributed by atoms with van der Waals surface area (Å²) in [6, 6.07) is 5.86. The minimum absolute atomic E-state index is 0.990. The van der Waals surface area contributed by atoms with Crippen LogP contribution in [0.3, 0.4) is 0 Å². The minimum atomic E-state index is 0.990. The highest BCUT2D eigenvalue weighted by Gasteiger charge is 2.20. The summed E-state index contributed by atoms with van der Waals surface area (Å²) in [6.45, 7) is 0. The van der Waals surface area contributed by atoms with E-state index in [1.165, 1.54) is 0 Å². The number of benzene rings is 1. The van der Waals surface area contributed by atoms with E-state index in [2.05, 4.69) is 10.2 Å². The molecule has 0 N–H and O–H groups in total. The fourth-order valence-corrected chi connectivity index (χ4v) is 0.960. The maximum Gasteiger partial charge on any atom is 0.169 e. The number of para-hydroxylation sites is 1. The highest BCUT2D eigenvalue weighted by atomic mass is 28.1. The average molecular weight is 119 g/mol. The Morgan fingerprint density at radius 1 is 1.38 bits per heavy atom. The summed E-state index contributed by atoms with van der Waals surface area (Å²) in [7, 11) is 3.37. The standard InChI is InChI=1S/C6H3OSi/c8-5-3-1-2-4-6(5)7-4/h1-3H. The van der Waals surface area contributed by atoms with Crippen molar-refractivity contribution in [3.63, 3.8) is 0 Å². The van der Waals surface area contributed by atoms with Gasteiger partial charge in [0.1, 0.15) is 0 Å². The van der Waals surface area contributed by atoms with Gasteiger partial charge in [0.25, 0.3) is 0 Å². The van der Waals surface area contributed by atoms with Crippen molar-refractivity contribution in [3.8, 4) is 11.5 Å². The van der Waals surface area contributed by atoms with E-state index >= 15 is 0 Å². The van der Waals surface area contributed by atoms with Gasteiger partial charge in [0.05, 0.1) is 10.2 Å². The van der Waals surface area contributed by atoms with Crippen LogP contribution in [-0.2, 0) is 0 Å². The van der Waals surface area contributed by atoms with E-state index in [1.807, 2.05) is 18.2 Å². The zero-order valence-electron chi connectivity index (χ0n) is 4.14. The van der Waals surface area contributed by atoms with Crippen molar-refractivity contribution in [1.29, 1.82) is 0 Å². The van der Waals surface area contributed by atoms with E-state index in [1.54, 1.807) is 0 Å². The first kappa shape index (κ1) is 4.15. The minimum Gasteiger partial charge on any atom is -0.450 e. The lowest BCUT2D eigenvalue weighted by atomic mass is 10.4. The molecule has 0 amide bonds. The Kier molecular flexibility index (Phi) is 0.592. The van der Waals surface area contributed by atoms with Gasteiger partial charge in [0.15, 0.2) is 11.5 Å². The molecule has 1 aliphatic heterocycles. The fourth-order valence-electron chi connectivity index (χ4n) is 0.689. The highest BCUT2D eigenvalue weighted by molar-refractivity contribution is 6.35. The number of hydrogen-bond acceptors (Lipinski definition) is 1. The van der Waals surface area contributed by atoms with Gasteiger partial charge in [-0.25, -0.2) is 0 Å². The average Bonchev–Trinajstić information content (AvgIpc) is 2.45. The highest BCUT2D eigenvalue weighted by Crippen LogP contribution is 2.41. The van der Waals surface area contributed by atoms with E-state index in [0.717, 1.165) is 16.7 Å². The molecule has 1 nitrogen and oxygen atoms in total. The second kappa shape index (κ2) is 1.14. The summed E-state index contributed by atoms with van der Waals surface area (Å²) in [5, 5.41) is 1.04. The van der Waals surface area contributed by atoms with Gasteiger partial charge in [-0.3, -0.25) is 0 Å². The number of rotatable bonds is 0. The lowest BCUT2D eigenvalue weighted by Gasteiger charge is -1.76. The maximum atomic E-state index is 5.02. The van der Waals surface area contributed by atoms with Crippen LogP contribution in [0.15, 0.2) is 18.2 Å². The van der Waals surface area contributed by atoms with E-state index in [9.17, 15) is 0 Å². The van der Waals surface area contributed by atoms with Gasteiger partial charge in [0, 0.05) is 0 Å². The molecule has 0 aliphatic carbocycles. The Bertz CT molecular complexity index is 232. The van der Waals surface area contributed by atoms with Crippen LogP contribution < -0.4 is 9.92 Å². The predicted octanol–water partition coefficient (Wildman–Crippen LogP) is 0.586. The number of hydrogen-bond donors (Lipinski definition) is 0. The first-order valence-corrected chi connectivity index (χ1v) is 2.90. The molecular weight excluding hydrogens is 116 g/mol. The molecule has 1 heterocycles. The largest absolute Gasteiger partial charge is 0.450 e. The molecule has 0 saturated carbocycles. The molecular formula is C6H3OSi. The monoisotopic (exact) mass is 119 g/mol. The molecule has 2 rings (SSSR count). The second-order valence-electron chi connectivity index (χ2n) is 1.73. The van der Waals surface area contributed by atoms with Crippen LogP contribution in [0.5, 0.6) is 11.5 Å². The number of ether oxygens (including phenoxy) is 1. The van der Waals surface area contributed by atoms with E-state index < -0.39 is 0 Å². The van der Waals surface area contributed by atoms with E-state index in [0.29, 0.717) is 0 Å². The van der Waals surface area contributed by atoms with Crippen LogP contribution >= 0.6 is 0 Å². The smallest absolute Gasteiger partial charge is 0.169 e. The van der Waals surface area contributed by atoms with Gasteiger partial charge in [-0.05, 0) is 11.3 Å². The first-order valence-electron chi connectivity index (χ1n) is 2.40. The van der Waals surface area contributed by atoms with E-state index in [-0.39, 0.29) is 0 Å². The summed E-state index contributed by atoms with van der Waals surface area (Å²) in [5.41, 5.74) is 0. The second-order valence-corrected chi connectivity index (χ2v) is 2.27. The third-order valence-electron chi connectivity index (χ3n) is 1.15. The zero-order chi connectivity index (χ0) is 5.56. The van der Waals surface area contributed by atoms with Gasteiger partial charge in [-0.1, -0.05) is 12.1 Å². The molecule has 1 aromatic rings. The Balaban J connectivity index is 2.70. The molecule has 8 heavy (non-hydrogen) atoms. The van der Waals surface area contributed by atoms with Crippen LogP contribution in [0.4, 0.5) is 0 Å². The zero-order valence-corrected chi connectivity index (χ0v) is 5.14. The fraction of sp³-hybridized carbons (Fsp3) is 0. The van der Waals surface area contributed by atoms with Crippen LogP contribution in [0.1, 0.15) is 0 Å². The Labute approximate surface area is 50.7 Å². The summed E-state index contributed by atoms with van der Waals surface area (Å²) >= 11 is 0. The first-order chi connectivity index (χ1) is 3.88. The molecule has 3 radical (unpaired) electrons. The van der Waals surface area contributed by atoms with Gasteiger partial charge in [-0.15, -0.1) is 0 Å². The molecule has 0 bridgehead atoms. The summed E-state index contributed by atoms with van der Waals surface area (Å²) in [6.07, 6.45) is 0. The lowest BCUT2D eigenvalue weighted by molar-refractivity contribution is 0.652. The van der Waals surface area contributed by atoms with Gasteiger partial charge < -0.3 is 4.74 Å². The molecule has 0 saturated heterocycles. The summed E-state index contributed by atoms with van der Waals surface area (Å²) in [4.78, 5) is 0. The molecule has 1 aliphatic rings. The van der Waals surface area contributed by atoms with Crippen molar-refractivity contribution >= 4 is 15.4 Å². The molecule has 37 valence electrons. The van der Waals surface area contributed by atoms with Crippen LogP contribution in [0.25, 0.3) is 0 Å².